The van der Waals surface area contributed by atoms with Crippen LogP contribution in [0.5, 0.6) is 0 Å². The zero-order valence-corrected chi connectivity index (χ0v) is 33.9. The van der Waals surface area contributed by atoms with Gasteiger partial charge in [-0.25, -0.2) is 0 Å². The molecule has 0 aromatic heterocycles. The Morgan fingerprint density at radius 1 is 0.529 bits per heavy atom. The number of Topliss-reactive ketones (excluding diaryl/α,β-unsaturated/α-hetero) is 2. The number of benzene rings is 2. The predicted octanol–water partition coefficient (Wildman–Crippen LogP) is 14.3. The Morgan fingerprint density at radius 2 is 0.902 bits per heavy atom. The van der Waals surface area contributed by atoms with Gasteiger partial charge in [-0.1, -0.05) is 130 Å². The minimum atomic E-state index is -0.341. The largest absolute Gasteiger partial charge is 0.289 e. The number of hydrogen-bond donors (Lipinski definition) is 0. The Bertz CT molecular complexity index is 1940. The van der Waals surface area contributed by atoms with Crippen molar-refractivity contribution in [3.63, 3.8) is 0 Å². The van der Waals surface area contributed by atoms with Crippen molar-refractivity contribution in [1.29, 1.82) is 0 Å². The first-order valence-electron chi connectivity index (χ1n) is 16.9. The number of hydrogen-bond acceptors (Lipinski definition) is 6. The van der Waals surface area contributed by atoms with Gasteiger partial charge in [-0.05, 0) is 80.9 Å². The lowest BCUT2D eigenvalue weighted by molar-refractivity contribution is -0.114. The van der Waals surface area contributed by atoms with Crippen LogP contribution < -0.4 is 0 Å². The highest BCUT2D eigenvalue weighted by molar-refractivity contribution is 6.47. The van der Waals surface area contributed by atoms with Crippen LogP contribution in [-0.4, -0.2) is 11.6 Å². The first-order valence-corrected chi connectivity index (χ1v) is 18.0. The highest BCUT2D eigenvalue weighted by Gasteiger charge is 2.35. The van der Waals surface area contributed by atoms with Crippen LogP contribution in [0.2, 0.25) is 15.1 Å². The number of allylic oxidation sites excluding steroid dienone is 10. The third-order valence-electron chi connectivity index (χ3n) is 8.51. The summed E-state index contributed by atoms with van der Waals surface area (Å²) in [4.78, 5) is 26.5. The number of halogens is 3. The summed E-state index contributed by atoms with van der Waals surface area (Å²) >= 11 is 20.1. The zero-order chi connectivity index (χ0) is 38.3. The molecule has 0 saturated carbocycles. The predicted molar refractivity (Wildman–Crippen MR) is 212 cm³/mol. The maximum atomic E-state index is 13.3. The number of ketones is 2. The number of carbonyl (C=O) groups excluding carboxylic acids is 2. The summed E-state index contributed by atoms with van der Waals surface area (Å²) in [6.45, 7) is 24.3. The molecule has 0 N–H and O–H groups in total. The topological polar surface area (TPSA) is 83.6 Å². The van der Waals surface area contributed by atoms with Crippen LogP contribution in [0, 0.1) is 21.7 Å². The van der Waals surface area contributed by atoms with Gasteiger partial charge in [0.15, 0.2) is 11.6 Å². The molecule has 51 heavy (non-hydrogen) atoms. The summed E-state index contributed by atoms with van der Waals surface area (Å²) in [7, 11) is 0. The fraction of sp³-hybridized carbons (Fsp3) is 0.381. The van der Waals surface area contributed by atoms with Crippen LogP contribution in [0.1, 0.15) is 83.1 Å². The van der Waals surface area contributed by atoms with E-state index in [1.54, 1.807) is 18.5 Å². The van der Waals surface area contributed by atoms with Gasteiger partial charge in [0.2, 0.25) is 0 Å². The molecule has 0 aliphatic heterocycles. The van der Waals surface area contributed by atoms with E-state index in [1.165, 1.54) is 0 Å². The maximum absolute atomic E-state index is 13.3. The molecule has 268 valence electrons. The molecule has 0 unspecified atom stereocenters. The monoisotopic (exact) mass is 744 g/mol. The molecule has 0 saturated heterocycles. The maximum Gasteiger partial charge on any atom is 0.186 e. The molecule has 2 aliphatic carbocycles. The van der Waals surface area contributed by atoms with Crippen molar-refractivity contribution in [2.45, 2.75) is 83.1 Å². The van der Waals surface area contributed by atoms with Gasteiger partial charge in [-0.15, -0.1) is 5.11 Å². The van der Waals surface area contributed by atoms with Crippen LogP contribution in [-0.2, 0) is 9.59 Å². The Hall–Kier alpha value is -3.71. The second-order valence-electron chi connectivity index (χ2n) is 17.0. The fourth-order valence-corrected chi connectivity index (χ4v) is 6.37. The van der Waals surface area contributed by atoms with Gasteiger partial charge < -0.3 is 0 Å². The minimum Gasteiger partial charge on any atom is -0.289 e. The number of carbonyl (C=O) groups is 2. The third-order valence-corrected chi connectivity index (χ3v) is 9.66. The lowest BCUT2D eigenvalue weighted by atomic mass is 9.72. The van der Waals surface area contributed by atoms with Crippen molar-refractivity contribution in [2.75, 3.05) is 0 Å². The number of azo groups is 2. The SMILES string of the molecule is CC(C)(C)C1=CC(=C/N=N/c2ccc(-c3cc(Cl)c(/N=N/C=C4C=C(C(C)(C)C)C(=O)C(C(C)(C)C)=C4)c(Cl)c3Cl)cc2)C=C(C(C)(C)C)C1=O. The molecule has 0 fully saturated rings. The Kier molecular flexibility index (Phi) is 11.6. The van der Waals surface area contributed by atoms with Crippen LogP contribution in [0.25, 0.3) is 11.1 Å². The molecule has 2 aromatic carbocycles. The quantitative estimate of drug-likeness (QED) is 0.225. The lowest BCUT2D eigenvalue weighted by Gasteiger charge is -2.31. The molecule has 0 spiro atoms. The smallest absolute Gasteiger partial charge is 0.186 e. The molecule has 2 aliphatic rings. The van der Waals surface area contributed by atoms with E-state index in [2.05, 4.69) is 20.5 Å². The second kappa shape index (κ2) is 14.7. The van der Waals surface area contributed by atoms with Crippen molar-refractivity contribution in [3.05, 3.63) is 116 Å². The summed E-state index contributed by atoms with van der Waals surface area (Å²) in [5, 5.41) is 18.0. The molecule has 0 bridgehead atoms. The van der Waals surface area contributed by atoms with Crippen molar-refractivity contribution >= 4 is 57.7 Å². The average molecular weight is 746 g/mol. The van der Waals surface area contributed by atoms with Crippen molar-refractivity contribution < 1.29 is 9.59 Å². The highest BCUT2D eigenvalue weighted by Crippen LogP contribution is 2.45. The standard InChI is InChI=1S/C42H47Cl3N4O2/c1-39(2,3)29-17-24(18-30(37(29)50)40(4,5)6)22-46-48-27-15-13-26(14-16-27)28-21-33(43)36(35(45)34(28)44)49-47-23-25-19-31(41(7,8)9)38(51)32(20-25)42(10,11)12/h13-23H,1-12H3/b48-46+,49-47+. The van der Waals surface area contributed by atoms with Crippen molar-refractivity contribution in [1.82, 2.24) is 0 Å². The van der Waals surface area contributed by atoms with E-state index in [1.807, 2.05) is 132 Å². The van der Waals surface area contributed by atoms with E-state index in [-0.39, 0.29) is 54.0 Å². The Balaban J connectivity index is 1.59. The molecular weight excluding hydrogens is 699 g/mol. The van der Waals surface area contributed by atoms with Crippen LogP contribution in [0.3, 0.4) is 0 Å². The van der Waals surface area contributed by atoms with E-state index < -0.39 is 0 Å². The molecule has 4 rings (SSSR count). The van der Waals surface area contributed by atoms with Gasteiger partial charge in [0.05, 0.1) is 33.2 Å². The Morgan fingerprint density at radius 3 is 1.27 bits per heavy atom. The van der Waals surface area contributed by atoms with Gasteiger partial charge in [0.1, 0.15) is 5.69 Å². The molecule has 2 aromatic rings. The van der Waals surface area contributed by atoms with E-state index >= 15 is 0 Å². The van der Waals surface area contributed by atoms with E-state index in [0.717, 1.165) is 27.9 Å². The molecule has 6 nitrogen and oxygen atoms in total. The summed E-state index contributed by atoms with van der Waals surface area (Å²) in [6, 6.07) is 9.06. The molecule has 0 amide bonds. The van der Waals surface area contributed by atoms with Crippen molar-refractivity contribution in [2.24, 2.45) is 42.1 Å². The third kappa shape index (κ3) is 9.40. The Labute approximate surface area is 317 Å². The molecular formula is C42H47Cl3N4O2. The van der Waals surface area contributed by atoms with Gasteiger partial charge in [-0.2, -0.15) is 15.3 Å². The second-order valence-corrected chi connectivity index (χ2v) is 18.2. The fourth-order valence-electron chi connectivity index (χ4n) is 5.59. The van der Waals surface area contributed by atoms with Crippen LogP contribution in [0.15, 0.2) is 121 Å². The first-order chi connectivity index (χ1) is 23.4. The summed E-state index contributed by atoms with van der Waals surface area (Å²) in [5.41, 5.74) is 5.48. The van der Waals surface area contributed by atoms with Gasteiger partial charge in [0.25, 0.3) is 0 Å². The van der Waals surface area contributed by atoms with Crippen LogP contribution >= 0.6 is 34.8 Å². The van der Waals surface area contributed by atoms with Gasteiger partial charge in [-0.3, -0.25) is 9.59 Å². The van der Waals surface area contributed by atoms with E-state index in [9.17, 15) is 9.59 Å². The van der Waals surface area contributed by atoms with Crippen LogP contribution in [0.4, 0.5) is 11.4 Å². The highest BCUT2D eigenvalue weighted by atomic mass is 35.5. The minimum absolute atomic E-state index is 0.0448. The average Bonchev–Trinajstić information content (AvgIpc) is 3.00. The van der Waals surface area contributed by atoms with E-state index in [0.29, 0.717) is 22.4 Å². The zero-order valence-electron chi connectivity index (χ0n) is 31.6. The number of rotatable bonds is 5. The van der Waals surface area contributed by atoms with Crippen molar-refractivity contribution in [3.8, 4) is 11.1 Å². The number of nitrogens with zero attached hydrogens (tertiary/aromatic N) is 4. The summed E-state index contributed by atoms with van der Waals surface area (Å²) in [5.74, 6) is 0.118. The molecule has 0 radical (unpaired) electrons. The van der Waals surface area contributed by atoms with E-state index in [4.69, 9.17) is 34.8 Å². The first kappa shape index (κ1) is 40.1. The molecule has 9 heteroatoms. The summed E-state index contributed by atoms with van der Waals surface area (Å²) < 4.78 is 0. The normalized spacial score (nSPS) is 16.5. The van der Waals surface area contributed by atoms with Gasteiger partial charge in [0, 0.05) is 27.9 Å². The lowest BCUT2D eigenvalue weighted by Crippen LogP contribution is -2.27. The molecule has 0 atom stereocenters. The molecule has 0 heterocycles. The summed E-state index contributed by atoms with van der Waals surface area (Å²) in [6.07, 6.45) is 10.8. The van der Waals surface area contributed by atoms with Gasteiger partial charge >= 0.3 is 0 Å².